The Bertz CT molecular complexity index is 828. The van der Waals surface area contributed by atoms with E-state index in [0.717, 1.165) is 27.3 Å². The number of amides is 1. The van der Waals surface area contributed by atoms with Crippen LogP contribution in [0.4, 0.5) is 0 Å². The van der Waals surface area contributed by atoms with Crippen molar-refractivity contribution < 1.29 is 9.53 Å². The highest BCUT2D eigenvalue weighted by Crippen LogP contribution is 2.26. The van der Waals surface area contributed by atoms with E-state index in [0.29, 0.717) is 0 Å². The third-order valence-electron chi connectivity index (χ3n) is 4.18. The Balaban J connectivity index is 1.70. The molecule has 2 aromatic carbocycles. The van der Waals surface area contributed by atoms with E-state index in [1.807, 2.05) is 79.9 Å². The van der Waals surface area contributed by atoms with Gasteiger partial charge in [-0.2, -0.15) is 0 Å². The summed E-state index contributed by atoms with van der Waals surface area (Å²) in [5.41, 5.74) is 3.27. The highest BCUT2D eigenvalue weighted by Gasteiger charge is 2.18. The molecule has 0 bridgehead atoms. The van der Waals surface area contributed by atoms with Gasteiger partial charge in [-0.15, -0.1) is 11.3 Å². The first-order valence-corrected chi connectivity index (χ1v) is 9.10. The maximum absolute atomic E-state index is 12.5. The number of carbonyl (C=O) groups is 1. The molecule has 0 saturated heterocycles. The Hall–Kier alpha value is -2.59. The van der Waals surface area contributed by atoms with Crippen molar-refractivity contribution in [1.82, 2.24) is 5.32 Å². The lowest BCUT2D eigenvalue weighted by Gasteiger charge is -2.18. The van der Waals surface area contributed by atoms with E-state index in [1.54, 1.807) is 11.3 Å². The molecule has 0 aliphatic rings. The van der Waals surface area contributed by atoms with Gasteiger partial charge >= 0.3 is 0 Å². The summed E-state index contributed by atoms with van der Waals surface area (Å²) in [6, 6.07) is 19.7. The third-order valence-corrected chi connectivity index (χ3v) is 5.12. The number of aryl methyl sites for hydroxylation is 1. The van der Waals surface area contributed by atoms with Crippen molar-refractivity contribution in [3.63, 3.8) is 0 Å². The Kier molecular flexibility index (Phi) is 5.51. The molecule has 0 unspecified atom stereocenters. The monoisotopic (exact) mass is 351 g/mol. The van der Waals surface area contributed by atoms with Gasteiger partial charge in [-0.1, -0.05) is 48.5 Å². The zero-order chi connectivity index (χ0) is 17.6. The molecule has 128 valence electrons. The topological polar surface area (TPSA) is 38.3 Å². The van der Waals surface area contributed by atoms with Crippen molar-refractivity contribution in [3.05, 3.63) is 87.6 Å². The first-order chi connectivity index (χ1) is 12.1. The minimum atomic E-state index is -0.157. The molecule has 0 aliphatic carbocycles. The minimum Gasteiger partial charge on any atom is -0.483 e. The standard InChI is InChI=1S/C21H21NO2S/c1-15-8-6-11-18(16(15)2)24-14-20(23)22-21(19-12-7-13-25-19)17-9-4-3-5-10-17/h3-13,21H,14H2,1-2H3,(H,22,23)/t21-/m1/s1. The first-order valence-electron chi connectivity index (χ1n) is 8.22. The zero-order valence-electron chi connectivity index (χ0n) is 14.4. The summed E-state index contributed by atoms with van der Waals surface area (Å²) in [6.07, 6.45) is 0. The van der Waals surface area contributed by atoms with Gasteiger partial charge < -0.3 is 10.1 Å². The van der Waals surface area contributed by atoms with E-state index < -0.39 is 0 Å². The molecule has 25 heavy (non-hydrogen) atoms. The van der Waals surface area contributed by atoms with Gasteiger partial charge in [-0.25, -0.2) is 0 Å². The normalized spacial score (nSPS) is 11.8. The van der Waals surface area contributed by atoms with Crippen molar-refractivity contribution in [1.29, 1.82) is 0 Å². The molecule has 0 radical (unpaired) electrons. The van der Waals surface area contributed by atoms with Gasteiger partial charge in [0.1, 0.15) is 5.75 Å². The van der Waals surface area contributed by atoms with E-state index in [9.17, 15) is 4.79 Å². The third kappa shape index (κ3) is 4.28. The highest BCUT2D eigenvalue weighted by atomic mass is 32.1. The average molecular weight is 351 g/mol. The molecule has 1 amide bonds. The Morgan fingerprint density at radius 2 is 1.84 bits per heavy atom. The Morgan fingerprint density at radius 3 is 2.56 bits per heavy atom. The van der Waals surface area contributed by atoms with Crippen molar-refractivity contribution in [2.75, 3.05) is 6.61 Å². The second-order valence-electron chi connectivity index (χ2n) is 5.91. The SMILES string of the molecule is Cc1cccc(OCC(=O)N[C@H](c2ccccc2)c2cccs2)c1C. The van der Waals surface area contributed by atoms with Crippen LogP contribution < -0.4 is 10.1 Å². The zero-order valence-corrected chi connectivity index (χ0v) is 15.2. The largest absolute Gasteiger partial charge is 0.483 e. The molecule has 3 aromatic rings. The summed E-state index contributed by atoms with van der Waals surface area (Å²) in [5, 5.41) is 5.10. The molecular weight excluding hydrogens is 330 g/mol. The molecule has 0 aliphatic heterocycles. The maximum Gasteiger partial charge on any atom is 0.258 e. The number of hydrogen-bond acceptors (Lipinski definition) is 3. The summed E-state index contributed by atoms with van der Waals surface area (Å²) >= 11 is 1.63. The molecule has 3 rings (SSSR count). The predicted octanol–water partition coefficient (Wildman–Crippen LogP) is 4.65. The van der Waals surface area contributed by atoms with Gasteiger partial charge in [0, 0.05) is 4.88 Å². The molecule has 1 heterocycles. The molecule has 1 aromatic heterocycles. The smallest absolute Gasteiger partial charge is 0.258 e. The van der Waals surface area contributed by atoms with Crippen molar-refractivity contribution in [2.45, 2.75) is 19.9 Å². The summed E-state index contributed by atoms with van der Waals surface area (Å²) in [7, 11) is 0. The van der Waals surface area contributed by atoms with E-state index in [-0.39, 0.29) is 18.6 Å². The van der Waals surface area contributed by atoms with E-state index >= 15 is 0 Å². The average Bonchev–Trinajstić information content (AvgIpc) is 3.16. The van der Waals surface area contributed by atoms with Crippen LogP contribution in [0.3, 0.4) is 0 Å². The molecule has 1 N–H and O–H groups in total. The van der Waals surface area contributed by atoms with Crippen LogP contribution in [0.25, 0.3) is 0 Å². The summed E-state index contributed by atoms with van der Waals surface area (Å²) in [6.45, 7) is 4.03. The minimum absolute atomic E-state index is 0.000990. The van der Waals surface area contributed by atoms with E-state index in [1.165, 1.54) is 0 Å². The number of carbonyl (C=O) groups excluding carboxylic acids is 1. The van der Waals surface area contributed by atoms with Crippen LogP contribution in [0.5, 0.6) is 5.75 Å². The Labute approximate surface area is 152 Å². The van der Waals surface area contributed by atoms with Gasteiger partial charge in [0.05, 0.1) is 6.04 Å². The fraction of sp³-hybridized carbons (Fsp3) is 0.190. The fourth-order valence-electron chi connectivity index (χ4n) is 2.65. The van der Waals surface area contributed by atoms with Crippen LogP contribution in [0.2, 0.25) is 0 Å². The first kappa shape index (κ1) is 17.2. The van der Waals surface area contributed by atoms with Gasteiger partial charge in [-0.05, 0) is 48.1 Å². The number of nitrogens with one attached hydrogen (secondary N) is 1. The number of benzene rings is 2. The van der Waals surface area contributed by atoms with E-state index in [4.69, 9.17) is 4.74 Å². The summed E-state index contributed by atoms with van der Waals surface area (Å²) in [5.74, 6) is 0.616. The maximum atomic E-state index is 12.5. The molecular formula is C21H21NO2S. The lowest BCUT2D eigenvalue weighted by atomic mass is 10.1. The van der Waals surface area contributed by atoms with Crippen LogP contribution in [-0.2, 0) is 4.79 Å². The molecule has 0 saturated carbocycles. The number of rotatable bonds is 6. The molecule has 1 atom stereocenters. The number of thiophene rings is 1. The highest BCUT2D eigenvalue weighted by molar-refractivity contribution is 7.10. The number of ether oxygens (including phenoxy) is 1. The van der Waals surface area contributed by atoms with Gasteiger partial charge in [0.25, 0.3) is 5.91 Å². The predicted molar refractivity (Wildman–Crippen MR) is 102 cm³/mol. The van der Waals surface area contributed by atoms with Crippen LogP contribution in [-0.4, -0.2) is 12.5 Å². The second-order valence-corrected chi connectivity index (χ2v) is 6.89. The molecule has 0 spiro atoms. The van der Waals surface area contributed by atoms with Crippen molar-refractivity contribution in [3.8, 4) is 5.75 Å². The fourth-order valence-corrected chi connectivity index (χ4v) is 3.45. The van der Waals surface area contributed by atoms with Crippen LogP contribution >= 0.6 is 11.3 Å². The van der Waals surface area contributed by atoms with Crippen LogP contribution in [0, 0.1) is 13.8 Å². The van der Waals surface area contributed by atoms with Gasteiger partial charge in [0.2, 0.25) is 0 Å². The Morgan fingerprint density at radius 1 is 1.04 bits per heavy atom. The quantitative estimate of drug-likeness (QED) is 0.702. The van der Waals surface area contributed by atoms with Crippen molar-refractivity contribution in [2.24, 2.45) is 0 Å². The van der Waals surface area contributed by atoms with Crippen LogP contribution in [0.15, 0.2) is 66.0 Å². The second kappa shape index (κ2) is 7.99. The van der Waals surface area contributed by atoms with Gasteiger partial charge in [-0.3, -0.25) is 4.79 Å². The number of hydrogen-bond donors (Lipinski definition) is 1. The van der Waals surface area contributed by atoms with Crippen molar-refractivity contribution >= 4 is 17.2 Å². The lowest BCUT2D eigenvalue weighted by Crippen LogP contribution is -2.33. The van der Waals surface area contributed by atoms with E-state index in [2.05, 4.69) is 5.32 Å². The summed E-state index contributed by atoms with van der Waals surface area (Å²) < 4.78 is 5.72. The molecule has 0 fully saturated rings. The van der Waals surface area contributed by atoms with Gasteiger partial charge in [0.15, 0.2) is 6.61 Å². The lowest BCUT2D eigenvalue weighted by molar-refractivity contribution is -0.123. The van der Waals surface area contributed by atoms with Crippen LogP contribution in [0.1, 0.15) is 27.6 Å². The summed E-state index contributed by atoms with van der Waals surface area (Å²) in [4.78, 5) is 13.6. The molecule has 4 heteroatoms. The molecule has 3 nitrogen and oxygen atoms in total.